The lowest BCUT2D eigenvalue weighted by Gasteiger charge is -2.18. The van der Waals surface area contributed by atoms with Crippen LogP contribution >= 0.6 is 19.3 Å². The van der Waals surface area contributed by atoms with Crippen LogP contribution < -0.4 is 9.23 Å². The smallest absolute Gasteiger partial charge is 0.419 e. The van der Waals surface area contributed by atoms with Crippen molar-refractivity contribution in [3.8, 4) is 22.7 Å². The Morgan fingerprint density at radius 3 is 2.39 bits per heavy atom. The van der Waals surface area contributed by atoms with Crippen molar-refractivity contribution in [2.45, 2.75) is 18.7 Å². The van der Waals surface area contributed by atoms with Gasteiger partial charge in [-0.2, -0.15) is 0 Å². The number of hydrogen-bond donors (Lipinski definition) is 1. The third-order valence-corrected chi connectivity index (χ3v) is 8.53. The molecule has 1 aromatic heterocycles. The van der Waals surface area contributed by atoms with Gasteiger partial charge in [-0.1, -0.05) is 23.7 Å². The van der Waals surface area contributed by atoms with E-state index < -0.39 is 24.6 Å². The fourth-order valence-electron chi connectivity index (χ4n) is 2.99. The normalized spacial score (nSPS) is 12.1. The van der Waals surface area contributed by atoms with Crippen LogP contribution in [0.3, 0.4) is 0 Å². The molecule has 0 saturated carbocycles. The number of nitrogens with zero attached hydrogens (tertiary/aromatic N) is 2. The summed E-state index contributed by atoms with van der Waals surface area (Å²) in [5, 5.41) is 0.195. The molecule has 0 amide bonds. The van der Waals surface area contributed by atoms with Crippen molar-refractivity contribution in [2.24, 2.45) is 0 Å². The minimum atomic E-state index is -4.20. The van der Waals surface area contributed by atoms with Gasteiger partial charge in [0.2, 0.25) is 16.9 Å². The quantitative estimate of drug-likeness (QED) is 0.358. The maximum atomic E-state index is 12.7. The number of nitrogens with one attached hydrogen (secondary N) is 1. The predicted octanol–water partition coefficient (Wildman–Crippen LogP) is 4.96. The molecule has 2 aromatic carbocycles. The summed E-state index contributed by atoms with van der Waals surface area (Å²) in [6, 6.07) is 12.4. The topological polar surface area (TPSA) is 109 Å². The highest BCUT2D eigenvalue weighted by Crippen LogP contribution is 2.45. The number of sulfonamides is 1. The van der Waals surface area contributed by atoms with Gasteiger partial charge in [0.1, 0.15) is 12.1 Å². The van der Waals surface area contributed by atoms with E-state index in [0.717, 1.165) is 0 Å². The van der Waals surface area contributed by atoms with E-state index in [2.05, 4.69) is 4.98 Å². The Morgan fingerprint density at radius 2 is 1.79 bits per heavy atom. The van der Waals surface area contributed by atoms with Gasteiger partial charge in [-0.3, -0.25) is 13.6 Å². The van der Waals surface area contributed by atoms with Gasteiger partial charge in [0.25, 0.3) is 0 Å². The zero-order valence-electron chi connectivity index (χ0n) is 17.8. The lowest BCUT2D eigenvalue weighted by atomic mass is 10.1. The summed E-state index contributed by atoms with van der Waals surface area (Å²) in [5.41, 5.74) is 1.68. The van der Waals surface area contributed by atoms with Crippen molar-refractivity contribution in [2.75, 3.05) is 20.1 Å². The predicted molar refractivity (Wildman–Crippen MR) is 122 cm³/mol. The van der Waals surface area contributed by atoms with Crippen molar-refractivity contribution < 1.29 is 31.2 Å². The Morgan fingerprint density at radius 1 is 1.12 bits per heavy atom. The Kier molecular flexibility index (Phi) is 8.28. The van der Waals surface area contributed by atoms with Gasteiger partial charge in [-0.05, 0) is 50.2 Å². The molecule has 0 spiro atoms. The number of rotatable bonds is 11. The first-order chi connectivity index (χ1) is 15.7. The summed E-state index contributed by atoms with van der Waals surface area (Å²) >= 11 is 6.28. The summed E-state index contributed by atoms with van der Waals surface area (Å²) < 4.78 is 69.1. The summed E-state index contributed by atoms with van der Waals surface area (Å²) in [6.45, 7) is 2.17. The number of benzene rings is 2. The van der Waals surface area contributed by atoms with Gasteiger partial charge in [-0.15, -0.1) is 4.49 Å². The highest BCUT2D eigenvalue weighted by Gasteiger charge is 2.31. The van der Waals surface area contributed by atoms with Gasteiger partial charge in [0.05, 0.1) is 23.8 Å². The molecule has 9 nitrogen and oxygen atoms in total. The number of halogens is 2. The second-order valence-corrected chi connectivity index (χ2v) is 10.5. The maximum Gasteiger partial charge on any atom is 0.419 e. The molecule has 33 heavy (non-hydrogen) atoms. The third-order valence-electron chi connectivity index (χ3n) is 4.31. The number of ether oxygens (including phenoxy) is 1. The second-order valence-electron chi connectivity index (χ2n) is 6.46. The molecule has 3 aromatic rings. The summed E-state index contributed by atoms with van der Waals surface area (Å²) in [6.07, 6.45) is 1.47. The lowest BCUT2D eigenvalue weighted by Crippen LogP contribution is -2.23. The zero-order valence-corrected chi connectivity index (χ0v) is 20.2. The molecule has 0 bridgehead atoms. The molecule has 0 saturated heterocycles. The molecule has 0 aliphatic rings. The lowest BCUT2D eigenvalue weighted by molar-refractivity contribution is 0.192. The first kappa shape index (κ1) is 25.4. The Labute approximate surface area is 196 Å². The second kappa shape index (κ2) is 10.8. The zero-order chi connectivity index (χ0) is 24.1. The monoisotopic (exact) mass is 517 g/mol. The Hall–Kier alpha value is -2.27. The minimum Gasteiger partial charge on any atom is -0.463 e. The summed E-state index contributed by atoms with van der Waals surface area (Å²) in [7, 11) is -8.24. The molecule has 0 unspecified atom stereocenters. The largest absolute Gasteiger partial charge is 0.463 e. The highest BCUT2D eigenvalue weighted by atomic mass is 35.5. The maximum absolute atomic E-state index is 12.7. The number of imidazole rings is 1. The van der Waals surface area contributed by atoms with E-state index in [9.17, 15) is 17.4 Å². The highest BCUT2D eigenvalue weighted by molar-refractivity contribution is 7.94. The van der Waals surface area contributed by atoms with Gasteiger partial charge in [0.15, 0.2) is 5.15 Å². The summed E-state index contributed by atoms with van der Waals surface area (Å²) in [5.74, 6) is 0.319. The Balaban J connectivity index is 1.93. The van der Waals surface area contributed by atoms with Gasteiger partial charge in [0, 0.05) is 11.3 Å². The van der Waals surface area contributed by atoms with Crippen LogP contribution in [0.5, 0.6) is 5.75 Å². The molecule has 0 radical (unpaired) electrons. The average molecular weight is 518 g/mol. The number of aromatic nitrogens is 2. The standard InChI is InChI=1S/C20H22ClFN3O6PS/c1-3-30-32(26,31-4-2)24-33(27,28)18-10-8-16(9-11-18)25-14-23-20(21)19(25)15-6-5-7-17(12-15)29-13-22/h5-12,14H,3-4,13H2,1-2H3,(H,24,26). The van der Waals surface area contributed by atoms with Crippen molar-refractivity contribution >= 4 is 29.4 Å². The molecule has 1 heterocycles. The van der Waals surface area contributed by atoms with Crippen LogP contribution in [-0.2, 0) is 23.6 Å². The van der Waals surface area contributed by atoms with Crippen LogP contribution in [0, 0.1) is 0 Å². The molecule has 0 fully saturated rings. The van der Waals surface area contributed by atoms with E-state index in [1.165, 1.54) is 30.6 Å². The number of alkyl halides is 1. The molecular formula is C20H22ClFN3O6PS. The first-order valence-electron chi connectivity index (χ1n) is 9.78. The molecule has 178 valence electrons. The van der Waals surface area contributed by atoms with Crippen LogP contribution in [0.2, 0.25) is 5.15 Å². The van der Waals surface area contributed by atoms with E-state index in [1.807, 2.05) is 4.49 Å². The number of hydrogen-bond acceptors (Lipinski definition) is 7. The fourth-order valence-corrected chi connectivity index (χ4v) is 6.51. The SMILES string of the molecule is CCOP(=O)(NS(=O)(=O)c1ccc(-n2cnc(Cl)c2-c2cccc(OCF)c2)cc1)OCC. The molecule has 3 rings (SSSR count). The van der Waals surface area contributed by atoms with E-state index in [1.54, 1.807) is 42.7 Å². The third kappa shape index (κ3) is 6.00. The van der Waals surface area contributed by atoms with Crippen molar-refractivity contribution in [3.63, 3.8) is 0 Å². The molecule has 13 heteroatoms. The fraction of sp³-hybridized carbons (Fsp3) is 0.250. The molecule has 0 aliphatic heterocycles. The average Bonchev–Trinajstić information content (AvgIpc) is 3.15. The van der Waals surface area contributed by atoms with Gasteiger partial charge in [-0.25, -0.2) is 22.4 Å². The van der Waals surface area contributed by atoms with E-state index in [4.69, 9.17) is 25.4 Å². The molecular weight excluding hydrogens is 496 g/mol. The van der Waals surface area contributed by atoms with Crippen LogP contribution in [0.4, 0.5) is 4.39 Å². The first-order valence-corrected chi connectivity index (χ1v) is 13.2. The van der Waals surface area contributed by atoms with Crippen molar-refractivity contribution in [1.82, 2.24) is 14.0 Å². The van der Waals surface area contributed by atoms with E-state index in [-0.39, 0.29) is 23.3 Å². The van der Waals surface area contributed by atoms with Gasteiger partial charge < -0.3 is 4.74 Å². The van der Waals surface area contributed by atoms with Crippen LogP contribution in [0.25, 0.3) is 16.9 Å². The summed E-state index contributed by atoms with van der Waals surface area (Å²) in [4.78, 5) is 3.98. The van der Waals surface area contributed by atoms with Crippen molar-refractivity contribution in [1.29, 1.82) is 0 Å². The molecule has 1 N–H and O–H groups in total. The van der Waals surface area contributed by atoms with Crippen LogP contribution in [0.15, 0.2) is 59.8 Å². The van der Waals surface area contributed by atoms with Crippen molar-refractivity contribution in [3.05, 3.63) is 60.0 Å². The minimum absolute atomic E-state index is 0.000467. The van der Waals surface area contributed by atoms with Crippen LogP contribution in [0.1, 0.15) is 13.8 Å². The van der Waals surface area contributed by atoms with E-state index in [0.29, 0.717) is 22.7 Å². The van der Waals surface area contributed by atoms with Gasteiger partial charge >= 0.3 is 7.75 Å². The molecule has 0 aliphatic carbocycles. The Bertz CT molecular complexity index is 1240. The van der Waals surface area contributed by atoms with E-state index >= 15 is 0 Å². The molecule has 0 atom stereocenters. The van der Waals surface area contributed by atoms with Crippen LogP contribution in [-0.4, -0.2) is 38.0 Å².